The number of aliphatic carboxylic acids is 1. The minimum Gasteiger partial charge on any atom is -0.493 e. The maximum absolute atomic E-state index is 12.5. The van der Waals surface area contributed by atoms with Gasteiger partial charge in [0.15, 0.2) is 0 Å². The van der Waals surface area contributed by atoms with Crippen molar-refractivity contribution in [3.8, 4) is 5.75 Å². The minimum atomic E-state index is -0.863. The van der Waals surface area contributed by atoms with Crippen LogP contribution in [0.1, 0.15) is 52.0 Å². The Hall–Kier alpha value is -2.24. The third-order valence-electron chi connectivity index (χ3n) is 4.62. The number of urea groups is 1. The van der Waals surface area contributed by atoms with Gasteiger partial charge in [0.2, 0.25) is 0 Å². The van der Waals surface area contributed by atoms with Crippen molar-refractivity contribution in [3.05, 3.63) is 23.8 Å². The number of hydrogen-bond donors (Lipinski definition) is 2. The van der Waals surface area contributed by atoms with Gasteiger partial charge in [-0.05, 0) is 49.4 Å². The van der Waals surface area contributed by atoms with E-state index in [0.717, 1.165) is 17.7 Å². The zero-order valence-corrected chi connectivity index (χ0v) is 15.5. The van der Waals surface area contributed by atoms with Crippen LogP contribution in [-0.2, 0) is 4.79 Å². The Bertz CT molecular complexity index is 644. The van der Waals surface area contributed by atoms with Crippen molar-refractivity contribution >= 4 is 17.7 Å². The average molecular weight is 348 g/mol. The Labute approximate surface area is 149 Å². The first-order chi connectivity index (χ1) is 11.8. The summed E-state index contributed by atoms with van der Waals surface area (Å²) in [5.41, 5.74) is 0.877. The molecule has 138 valence electrons. The van der Waals surface area contributed by atoms with E-state index in [1.807, 2.05) is 18.2 Å². The number of rotatable bonds is 6. The lowest BCUT2D eigenvalue weighted by atomic mass is 9.90. The van der Waals surface area contributed by atoms with Gasteiger partial charge in [-0.2, -0.15) is 0 Å². The lowest BCUT2D eigenvalue weighted by Crippen LogP contribution is -2.37. The van der Waals surface area contributed by atoms with Crippen LogP contribution in [0.3, 0.4) is 0 Å². The van der Waals surface area contributed by atoms with Crippen molar-refractivity contribution < 1.29 is 19.4 Å². The van der Waals surface area contributed by atoms with E-state index >= 15 is 0 Å². The Balaban J connectivity index is 2.08. The van der Waals surface area contributed by atoms with Crippen molar-refractivity contribution in [2.24, 2.45) is 5.41 Å². The molecule has 0 spiro atoms. The number of nitrogens with one attached hydrogen (secondary N) is 1. The zero-order valence-electron chi connectivity index (χ0n) is 15.5. The van der Waals surface area contributed by atoms with Crippen LogP contribution in [0.4, 0.5) is 10.5 Å². The third-order valence-corrected chi connectivity index (χ3v) is 4.62. The van der Waals surface area contributed by atoms with Gasteiger partial charge in [-0.15, -0.1) is 0 Å². The first kappa shape index (κ1) is 19.1. The number of carboxylic acid groups (broad SMARTS) is 1. The molecular weight excluding hydrogens is 320 g/mol. The summed E-state index contributed by atoms with van der Waals surface area (Å²) in [4.78, 5) is 25.3. The molecule has 1 heterocycles. The van der Waals surface area contributed by atoms with Gasteiger partial charge in [0, 0.05) is 18.8 Å². The summed E-state index contributed by atoms with van der Waals surface area (Å²) in [7, 11) is 0. The first-order valence-electron chi connectivity index (χ1n) is 8.83. The Morgan fingerprint density at radius 3 is 2.68 bits per heavy atom. The molecule has 1 aliphatic rings. The molecule has 6 heteroatoms. The van der Waals surface area contributed by atoms with Gasteiger partial charge in [-0.3, -0.25) is 4.79 Å². The molecule has 1 aromatic rings. The lowest BCUT2D eigenvalue weighted by Gasteiger charge is -2.21. The highest BCUT2D eigenvalue weighted by Gasteiger charge is 2.42. The number of carbonyl (C=O) groups is 2. The van der Waals surface area contributed by atoms with E-state index in [2.05, 4.69) is 26.1 Å². The molecule has 1 saturated heterocycles. The molecular formula is C19H28N2O4. The SMILES string of the molecule is CCCOc1ccc(NC(=O)N2CCC(C)(C(=O)O)C2)cc1C(C)C. The van der Waals surface area contributed by atoms with Crippen molar-refractivity contribution in [2.45, 2.75) is 46.5 Å². The standard InChI is InChI=1S/C19H28N2O4/c1-5-10-25-16-7-6-14(11-15(16)13(2)3)20-18(24)21-9-8-19(4,12-21)17(22)23/h6-7,11,13H,5,8-10,12H2,1-4H3,(H,20,24)(H,22,23). The fraction of sp³-hybridized carbons (Fsp3) is 0.579. The van der Waals surface area contributed by atoms with E-state index in [0.29, 0.717) is 25.3 Å². The van der Waals surface area contributed by atoms with Gasteiger partial charge in [-0.25, -0.2) is 4.79 Å². The smallest absolute Gasteiger partial charge is 0.321 e. The summed E-state index contributed by atoms with van der Waals surface area (Å²) < 4.78 is 5.77. The Morgan fingerprint density at radius 2 is 2.12 bits per heavy atom. The van der Waals surface area contributed by atoms with Crippen molar-refractivity contribution in [3.63, 3.8) is 0 Å². The number of anilines is 1. The highest BCUT2D eigenvalue weighted by atomic mass is 16.5. The molecule has 1 fully saturated rings. The number of carboxylic acids is 1. The molecule has 2 N–H and O–H groups in total. The van der Waals surface area contributed by atoms with Gasteiger partial charge in [0.25, 0.3) is 0 Å². The quantitative estimate of drug-likeness (QED) is 0.816. The lowest BCUT2D eigenvalue weighted by molar-refractivity contribution is -0.146. The first-order valence-corrected chi connectivity index (χ1v) is 8.83. The second-order valence-electron chi connectivity index (χ2n) is 7.22. The monoisotopic (exact) mass is 348 g/mol. The molecule has 0 radical (unpaired) electrons. The van der Waals surface area contributed by atoms with Crippen LogP contribution in [0.15, 0.2) is 18.2 Å². The van der Waals surface area contributed by atoms with Crippen LogP contribution < -0.4 is 10.1 Å². The van der Waals surface area contributed by atoms with Crippen molar-refractivity contribution in [1.82, 2.24) is 4.90 Å². The second kappa shape index (κ2) is 7.76. The van der Waals surface area contributed by atoms with Crippen LogP contribution in [0.25, 0.3) is 0 Å². The third kappa shape index (κ3) is 4.44. The maximum Gasteiger partial charge on any atom is 0.321 e. The van der Waals surface area contributed by atoms with Gasteiger partial charge >= 0.3 is 12.0 Å². The normalized spacial score (nSPS) is 20.0. The van der Waals surface area contributed by atoms with Gasteiger partial charge < -0.3 is 20.1 Å². The van der Waals surface area contributed by atoms with E-state index in [9.17, 15) is 14.7 Å². The summed E-state index contributed by atoms with van der Waals surface area (Å²) in [6.45, 7) is 9.24. The van der Waals surface area contributed by atoms with E-state index in [-0.39, 0.29) is 18.5 Å². The highest BCUT2D eigenvalue weighted by Crippen LogP contribution is 2.32. The average Bonchev–Trinajstić information content (AvgIpc) is 2.97. The van der Waals surface area contributed by atoms with Gasteiger partial charge in [-0.1, -0.05) is 20.8 Å². The number of amides is 2. The predicted molar refractivity (Wildman–Crippen MR) is 97.3 cm³/mol. The van der Waals surface area contributed by atoms with E-state index in [4.69, 9.17) is 4.74 Å². The molecule has 0 aliphatic carbocycles. The molecule has 1 aliphatic heterocycles. The maximum atomic E-state index is 12.5. The largest absolute Gasteiger partial charge is 0.493 e. The van der Waals surface area contributed by atoms with Gasteiger partial charge in [0.05, 0.1) is 12.0 Å². The molecule has 0 saturated carbocycles. The summed E-state index contributed by atoms with van der Waals surface area (Å²) in [5, 5.41) is 12.2. The number of likely N-dealkylation sites (tertiary alicyclic amines) is 1. The van der Waals surface area contributed by atoms with Crippen LogP contribution in [-0.4, -0.2) is 41.7 Å². The zero-order chi connectivity index (χ0) is 18.6. The number of ether oxygens (including phenoxy) is 1. The summed E-state index contributed by atoms with van der Waals surface area (Å²) >= 11 is 0. The van der Waals surface area contributed by atoms with E-state index < -0.39 is 11.4 Å². The van der Waals surface area contributed by atoms with Crippen molar-refractivity contribution in [1.29, 1.82) is 0 Å². The minimum absolute atomic E-state index is 0.225. The molecule has 25 heavy (non-hydrogen) atoms. The van der Waals surface area contributed by atoms with Crippen LogP contribution in [0.2, 0.25) is 0 Å². The molecule has 1 atom stereocenters. The number of nitrogens with zero attached hydrogens (tertiary/aromatic N) is 1. The molecule has 2 rings (SSSR count). The summed E-state index contributed by atoms with van der Waals surface area (Å²) in [5.74, 6) is 0.252. The molecule has 1 unspecified atom stereocenters. The van der Waals surface area contributed by atoms with Crippen LogP contribution in [0, 0.1) is 5.41 Å². The summed E-state index contributed by atoms with van der Waals surface area (Å²) in [6.07, 6.45) is 1.41. The fourth-order valence-electron chi connectivity index (χ4n) is 2.93. The fourth-order valence-corrected chi connectivity index (χ4v) is 2.93. The predicted octanol–water partition coefficient (Wildman–Crippen LogP) is 3.93. The van der Waals surface area contributed by atoms with Crippen molar-refractivity contribution in [2.75, 3.05) is 25.0 Å². The molecule has 2 amide bonds. The molecule has 0 bridgehead atoms. The number of benzene rings is 1. The summed E-state index contributed by atoms with van der Waals surface area (Å²) in [6, 6.07) is 5.37. The van der Waals surface area contributed by atoms with Crippen LogP contribution >= 0.6 is 0 Å². The topological polar surface area (TPSA) is 78.9 Å². The number of carbonyl (C=O) groups excluding carboxylic acids is 1. The highest BCUT2D eigenvalue weighted by molar-refractivity contribution is 5.90. The Morgan fingerprint density at radius 1 is 1.40 bits per heavy atom. The second-order valence-corrected chi connectivity index (χ2v) is 7.22. The molecule has 0 aromatic heterocycles. The Kier molecular flexibility index (Phi) is 5.93. The molecule has 6 nitrogen and oxygen atoms in total. The van der Waals surface area contributed by atoms with E-state index in [1.54, 1.807) is 11.8 Å². The number of hydrogen-bond acceptors (Lipinski definition) is 3. The van der Waals surface area contributed by atoms with E-state index in [1.165, 1.54) is 0 Å². The molecule has 1 aromatic carbocycles. The van der Waals surface area contributed by atoms with Gasteiger partial charge in [0.1, 0.15) is 5.75 Å². The van der Waals surface area contributed by atoms with Crippen LogP contribution in [0.5, 0.6) is 5.75 Å².